The molecule has 0 saturated carbocycles. The Morgan fingerprint density at radius 1 is 1.47 bits per heavy atom. The number of nitrogens with zero attached hydrogens (tertiary/aromatic N) is 1. The van der Waals surface area contributed by atoms with Gasteiger partial charge in [-0.05, 0) is 17.7 Å². The first-order chi connectivity index (χ1) is 8.19. The van der Waals surface area contributed by atoms with E-state index in [-0.39, 0.29) is 6.10 Å². The highest BCUT2D eigenvalue weighted by molar-refractivity contribution is 9.10. The molecule has 0 N–H and O–H groups in total. The van der Waals surface area contributed by atoms with Crippen molar-refractivity contribution in [3.63, 3.8) is 0 Å². The van der Waals surface area contributed by atoms with Crippen molar-refractivity contribution >= 4 is 39.1 Å². The van der Waals surface area contributed by atoms with Crippen LogP contribution in [0.3, 0.4) is 0 Å². The summed E-state index contributed by atoms with van der Waals surface area (Å²) in [7, 11) is 0. The molecule has 17 heavy (non-hydrogen) atoms. The van der Waals surface area contributed by atoms with Crippen molar-refractivity contribution in [3.8, 4) is 0 Å². The second kappa shape index (κ2) is 6.39. The van der Waals surface area contributed by atoms with Gasteiger partial charge in [0.25, 0.3) is 0 Å². The molecule has 0 aromatic heterocycles. The maximum atomic E-state index is 6.21. The summed E-state index contributed by atoms with van der Waals surface area (Å²) in [6.07, 6.45) is 0.139. The number of morpholine rings is 1. The first-order valence-corrected chi connectivity index (χ1v) is 7.23. The van der Waals surface area contributed by atoms with Crippen molar-refractivity contribution in [1.29, 1.82) is 0 Å². The van der Waals surface area contributed by atoms with Gasteiger partial charge >= 0.3 is 0 Å². The van der Waals surface area contributed by atoms with Crippen LogP contribution in [0.5, 0.6) is 0 Å². The van der Waals surface area contributed by atoms with E-state index in [9.17, 15) is 0 Å². The molecule has 5 heteroatoms. The molecule has 0 bridgehead atoms. The topological polar surface area (TPSA) is 12.5 Å². The summed E-state index contributed by atoms with van der Waals surface area (Å²) in [5.74, 6) is 0.546. The Hall–Kier alpha value is 0.200. The molecule has 1 aliphatic heterocycles. The lowest BCUT2D eigenvalue weighted by atomic mass is 10.2. The lowest BCUT2D eigenvalue weighted by molar-refractivity contribution is -0.0193. The third-order valence-electron chi connectivity index (χ3n) is 2.80. The SMILES string of the molecule is ClCC1CN(Cc2ccc(Br)cc2Cl)CCO1. The van der Waals surface area contributed by atoms with Crippen LogP contribution in [0.4, 0.5) is 0 Å². The number of hydrogen-bond acceptors (Lipinski definition) is 2. The van der Waals surface area contributed by atoms with E-state index < -0.39 is 0 Å². The van der Waals surface area contributed by atoms with E-state index in [4.69, 9.17) is 27.9 Å². The molecule has 1 aromatic rings. The van der Waals surface area contributed by atoms with Crippen molar-refractivity contribution in [2.75, 3.05) is 25.6 Å². The van der Waals surface area contributed by atoms with Gasteiger partial charge in [0.1, 0.15) is 0 Å². The van der Waals surface area contributed by atoms with Crippen LogP contribution in [-0.2, 0) is 11.3 Å². The minimum absolute atomic E-state index is 0.139. The van der Waals surface area contributed by atoms with E-state index >= 15 is 0 Å². The van der Waals surface area contributed by atoms with E-state index in [0.29, 0.717) is 5.88 Å². The zero-order valence-electron chi connectivity index (χ0n) is 9.33. The molecule has 0 spiro atoms. The van der Waals surface area contributed by atoms with E-state index in [1.165, 1.54) is 0 Å². The van der Waals surface area contributed by atoms with Gasteiger partial charge in [0.05, 0.1) is 12.7 Å². The second-order valence-corrected chi connectivity index (χ2v) is 5.75. The predicted molar refractivity (Wildman–Crippen MR) is 74.9 cm³/mol. The van der Waals surface area contributed by atoms with Gasteiger partial charge in [-0.1, -0.05) is 33.6 Å². The number of alkyl halides is 1. The molecule has 1 atom stereocenters. The molecule has 94 valence electrons. The Morgan fingerprint density at radius 2 is 2.29 bits per heavy atom. The Balaban J connectivity index is 2.00. The fourth-order valence-corrected chi connectivity index (χ4v) is 2.83. The van der Waals surface area contributed by atoms with E-state index in [0.717, 1.165) is 41.3 Å². The lowest BCUT2D eigenvalue weighted by Gasteiger charge is -2.32. The molecule has 1 fully saturated rings. The van der Waals surface area contributed by atoms with Crippen LogP contribution in [-0.4, -0.2) is 36.6 Å². The van der Waals surface area contributed by atoms with Gasteiger partial charge in [-0.15, -0.1) is 11.6 Å². The van der Waals surface area contributed by atoms with Crippen molar-refractivity contribution in [2.24, 2.45) is 0 Å². The number of hydrogen-bond donors (Lipinski definition) is 0. The molecular formula is C12H14BrCl2NO. The Morgan fingerprint density at radius 3 is 3.00 bits per heavy atom. The van der Waals surface area contributed by atoms with Crippen molar-refractivity contribution in [1.82, 2.24) is 4.90 Å². The molecule has 1 heterocycles. The summed E-state index contributed by atoms with van der Waals surface area (Å²) < 4.78 is 6.54. The summed E-state index contributed by atoms with van der Waals surface area (Å²) >= 11 is 15.4. The summed E-state index contributed by atoms with van der Waals surface area (Å²) in [6, 6.07) is 5.99. The minimum atomic E-state index is 0.139. The highest BCUT2D eigenvalue weighted by Crippen LogP contribution is 2.23. The zero-order chi connectivity index (χ0) is 12.3. The third-order valence-corrected chi connectivity index (χ3v) is 3.99. The fraction of sp³-hybridized carbons (Fsp3) is 0.500. The van der Waals surface area contributed by atoms with Gasteiger partial charge in [-0.2, -0.15) is 0 Å². The van der Waals surface area contributed by atoms with Crippen LogP contribution < -0.4 is 0 Å². The van der Waals surface area contributed by atoms with Gasteiger partial charge < -0.3 is 4.74 Å². The maximum absolute atomic E-state index is 6.21. The van der Waals surface area contributed by atoms with Gasteiger partial charge in [0.15, 0.2) is 0 Å². The Kier molecular flexibility index (Phi) is 5.12. The number of ether oxygens (including phenoxy) is 1. The first kappa shape index (κ1) is 13.6. The van der Waals surface area contributed by atoms with Gasteiger partial charge in [-0.3, -0.25) is 4.90 Å². The smallest absolute Gasteiger partial charge is 0.0837 e. The summed E-state index contributed by atoms with van der Waals surface area (Å²) in [4.78, 5) is 2.33. The fourth-order valence-electron chi connectivity index (χ4n) is 1.91. The lowest BCUT2D eigenvalue weighted by Crippen LogP contribution is -2.42. The van der Waals surface area contributed by atoms with Crippen LogP contribution in [0, 0.1) is 0 Å². The van der Waals surface area contributed by atoms with Crippen molar-refractivity contribution in [3.05, 3.63) is 33.3 Å². The van der Waals surface area contributed by atoms with Gasteiger partial charge in [-0.25, -0.2) is 0 Å². The third kappa shape index (κ3) is 3.83. The quantitative estimate of drug-likeness (QED) is 0.781. The monoisotopic (exact) mass is 337 g/mol. The Labute approximate surface area is 120 Å². The van der Waals surface area contributed by atoms with Gasteiger partial charge in [0, 0.05) is 35.0 Å². The molecule has 1 aliphatic rings. The largest absolute Gasteiger partial charge is 0.374 e. The molecular weight excluding hydrogens is 325 g/mol. The molecule has 0 aliphatic carbocycles. The van der Waals surface area contributed by atoms with Crippen LogP contribution in [0.25, 0.3) is 0 Å². The van der Waals surface area contributed by atoms with Crippen LogP contribution in [0.15, 0.2) is 22.7 Å². The van der Waals surface area contributed by atoms with Crippen molar-refractivity contribution < 1.29 is 4.74 Å². The van der Waals surface area contributed by atoms with Crippen LogP contribution in [0.2, 0.25) is 5.02 Å². The molecule has 2 rings (SSSR count). The van der Waals surface area contributed by atoms with Crippen molar-refractivity contribution in [2.45, 2.75) is 12.6 Å². The average Bonchev–Trinajstić information content (AvgIpc) is 2.33. The van der Waals surface area contributed by atoms with Crippen LogP contribution in [0.1, 0.15) is 5.56 Å². The first-order valence-electron chi connectivity index (χ1n) is 5.53. The molecule has 1 aromatic carbocycles. The zero-order valence-corrected chi connectivity index (χ0v) is 12.4. The summed E-state index contributed by atoms with van der Waals surface area (Å²) in [5.41, 5.74) is 1.14. The van der Waals surface area contributed by atoms with Gasteiger partial charge in [0.2, 0.25) is 0 Å². The van der Waals surface area contributed by atoms with E-state index in [1.54, 1.807) is 0 Å². The predicted octanol–water partition coefficient (Wildman–Crippen LogP) is 3.54. The normalized spacial score (nSPS) is 21.7. The second-order valence-electron chi connectivity index (χ2n) is 4.12. The molecule has 1 unspecified atom stereocenters. The maximum Gasteiger partial charge on any atom is 0.0837 e. The Bertz CT molecular complexity index is 389. The molecule has 1 saturated heterocycles. The van der Waals surface area contributed by atoms with E-state index in [2.05, 4.69) is 26.9 Å². The molecule has 0 amide bonds. The number of halogens is 3. The molecule has 0 radical (unpaired) electrons. The van der Waals surface area contributed by atoms with Crippen LogP contribution >= 0.6 is 39.1 Å². The summed E-state index contributed by atoms with van der Waals surface area (Å²) in [5, 5.41) is 0.799. The standard InChI is InChI=1S/C12H14BrCl2NO/c13-10-2-1-9(12(15)5-10)7-16-3-4-17-11(6-14)8-16/h1-2,5,11H,3-4,6-8H2. The average molecular weight is 339 g/mol. The van der Waals surface area contributed by atoms with E-state index in [1.807, 2.05) is 12.1 Å². The highest BCUT2D eigenvalue weighted by atomic mass is 79.9. The minimum Gasteiger partial charge on any atom is -0.374 e. The number of rotatable bonds is 3. The number of benzene rings is 1. The molecule has 2 nitrogen and oxygen atoms in total. The summed E-state index contributed by atoms with van der Waals surface area (Å²) in [6.45, 7) is 3.39. The highest BCUT2D eigenvalue weighted by Gasteiger charge is 2.20.